The fourth-order valence-electron chi connectivity index (χ4n) is 3.05. The Hall–Kier alpha value is -2.67. The molecular formula is C21H32N6O. The Bertz CT molecular complexity index is 807. The normalized spacial score (nSPS) is 11.0. The second kappa shape index (κ2) is 10.0. The maximum Gasteiger partial charge on any atom is 0.233 e. The van der Waals surface area contributed by atoms with E-state index in [1.807, 2.05) is 25.5 Å². The molecule has 0 aliphatic rings. The third-order valence-electron chi connectivity index (χ3n) is 4.37. The number of nitrogens with two attached hydrogens (primary N) is 1. The fraction of sp³-hybridized carbons (Fsp3) is 0.476. The number of hydrogen-bond donors (Lipinski definition) is 4. The minimum Gasteiger partial charge on any atom is -0.474 e. The molecule has 2 aromatic rings. The lowest BCUT2D eigenvalue weighted by Gasteiger charge is -2.16. The molecule has 0 radical (unpaired) electrons. The first-order chi connectivity index (χ1) is 13.4. The van der Waals surface area contributed by atoms with Gasteiger partial charge in [0.1, 0.15) is 23.0 Å². The summed E-state index contributed by atoms with van der Waals surface area (Å²) >= 11 is 0. The number of nitrogen functional groups attached to an aromatic ring is 1. The molecule has 0 aliphatic carbocycles. The van der Waals surface area contributed by atoms with Gasteiger partial charge in [0.25, 0.3) is 0 Å². The van der Waals surface area contributed by atoms with Crippen molar-refractivity contribution in [3.63, 3.8) is 0 Å². The predicted octanol–water partition coefficient (Wildman–Crippen LogP) is 3.03. The van der Waals surface area contributed by atoms with Gasteiger partial charge >= 0.3 is 0 Å². The number of benzene rings is 1. The summed E-state index contributed by atoms with van der Waals surface area (Å²) in [6.45, 7) is 7.25. The molecule has 0 aliphatic heterocycles. The van der Waals surface area contributed by atoms with Gasteiger partial charge in [-0.15, -0.1) is 0 Å². The lowest BCUT2D eigenvalue weighted by Crippen LogP contribution is -2.22. The van der Waals surface area contributed by atoms with Crippen LogP contribution in [0.15, 0.2) is 24.3 Å². The maximum absolute atomic E-state index is 8.44. The van der Waals surface area contributed by atoms with Crippen LogP contribution < -0.4 is 11.1 Å². The number of imidazole rings is 1. The standard InChI is InChI=1S/C21H32N6O/c1-5-6-7-17-26-18(20(22)23)19(21(24)28-14(2)3)27(17)13-16-10-8-15(9-11-16)12-25-4/h8-11,14,24-25H,5-7,12-13H2,1-4H3,(H3,22,23). The number of nitrogens with zero attached hydrogens (tertiary/aromatic N) is 2. The molecule has 7 nitrogen and oxygen atoms in total. The van der Waals surface area contributed by atoms with Crippen molar-refractivity contribution >= 4 is 11.7 Å². The van der Waals surface area contributed by atoms with Gasteiger partial charge in [-0.25, -0.2) is 4.98 Å². The van der Waals surface area contributed by atoms with Crippen LogP contribution in [0, 0.1) is 10.8 Å². The summed E-state index contributed by atoms with van der Waals surface area (Å²) in [7, 11) is 1.93. The second-order valence-electron chi connectivity index (χ2n) is 7.17. The Kier molecular flexibility index (Phi) is 7.75. The van der Waals surface area contributed by atoms with Gasteiger partial charge in [-0.1, -0.05) is 37.6 Å². The number of rotatable bonds is 10. The highest BCUT2D eigenvalue weighted by molar-refractivity contribution is 6.04. The lowest BCUT2D eigenvalue weighted by atomic mass is 10.1. The van der Waals surface area contributed by atoms with Crippen LogP contribution >= 0.6 is 0 Å². The molecule has 1 heterocycles. The highest BCUT2D eigenvalue weighted by atomic mass is 16.5. The molecule has 2 rings (SSSR count). The van der Waals surface area contributed by atoms with Crippen LogP contribution in [0.5, 0.6) is 0 Å². The molecule has 0 spiro atoms. The number of unbranched alkanes of at least 4 members (excludes halogenated alkanes) is 1. The Morgan fingerprint density at radius 1 is 1.21 bits per heavy atom. The monoisotopic (exact) mass is 384 g/mol. The number of nitrogens with one attached hydrogen (secondary N) is 3. The first-order valence-electron chi connectivity index (χ1n) is 9.79. The lowest BCUT2D eigenvalue weighted by molar-refractivity contribution is 0.226. The summed E-state index contributed by atoms with van der Waals surface area (Å²) in [5, 5.41) is 19.5. The maximum atomic E-state index is 8.44. The van der Waals surface area contributed by atoms with E-state index in [4.69, 9.17) is 21.3 Å². The Balaban J connectivity index is 2.47. The van der Waals surface area contributed by atoms with Gasteiger partial charge in [-0.3, -0.25) is 10.8 Å². The summed E-state index contributed by atoms with van der Waals surface area (Å²) in [5.41, 5.74) is 8.90. The van der Waals surface area contributed by atoms with Crippen LogP contribution in [0.3, 0.4) is 0 Å². The molecule has 0 saturated carbocycles. The molecule has 0 atom stereocenters. The topological polar surface area (TPSA) is 113 Å². The van der Waals surface area contributed by atoms with Crippen LogP contribution in [0.4, 0.5) is 0 Å². The van der Waals surface area contributed by atoms with Gasteiger partial charge in [0, 0.05) is 19.5 Å². The van der Waals surface area contributed by atoms with Gasteiger partial charge in [0.2, 0.25) is 5.90 Å². The highest BCUT2D eigenvalue weighted by Crippen LogP contribution is 2.19. The van der Waals surface area contributed by atoms with E-state index >= 15 is 0 Å². The van der Waals surface area contributed by atoms with Gasteiger partial charge in [0.05, 0.1) is 6.10 Å². The molecule has 0 amide bonds. The van der Waals surface area contributed by atoms with Gasteiger partial charge < -0.3 is 20.4 Å². The Morgan fingerprint density at radius 3 is 2.39 bits per heavy atom. The van der Waals surface area contributed by atoms with E-state index in [2.05, 4.69) is 41.5 Å². The molecule has 0 bridgehead atoms. The van der Waals surface area contributed by atoms with E-state index in [9.17, 15) is 0 Å². The summed E-state index contributed by atoms with van der Waals surface area (Å²) in [5.74, 6) is 0.689. The highest BCUT2D eigenvalue weighted by Gasteiger charge is 2.24. The second-order valence-corrected chi connectivity index (χ2v) is 7.17. The summed E-state index contributed by atoms with van der Waals surface area (Å²) < 4.78 is 7.61. The Labute approximate surface area is 167 Å². The molecule has 0 unspecified atom stereocenters. The molecule has 5 N–H and O–H groups in total. The zero-order valence-corrected chi connectivity index (χ0v) is 17.3. The number of amidine groups is 1. The minimum absolute atomic E-state index is 0.00208. The molecule has 152 valence electrons. The van der Waals surface area contributed by atoms with Gasteiger partial charge in [-0.05, 0) is 38.4 Å². The smallest absolute Gasteiger partial charge is 0.233 e. The van der Waals surface area contributed by atoms with Crippen molar-refractivity contribution in [2.45, 2.75) is 59.2 Å². The van der Waals surface area contributed by atoms with Crippen molar-refractivity contribution in [2.24, 2.45) is 5.73 Å². The molecule has 28 heavy (non-hydrogen) atoms. The van der Waals surface area contributed by atoms with E-state index < -0.39 is 0 Å². The molecule has 0 saturated heterocycles. The third kappa shape index (κ3) is 5.42. The van der Waals surface area contributed by atoms with Crippen LogP contribution in [0.1, 0.15) is 62.0 Å². The summed E-state index contributed by atoms with van der Waals surface area (Å²) in [4.78, 5) is 4.60. The predicted molar refractivity (Wildman–Crippen MR) is 113 cm³/mol. The first kappa shape index (κ1) is 21.6. The van der Waals surface area contributed by atoms with E-state index in [1.54, 1.807) is 0 Å². The van der Waals surface area contributed by atoms with Crippen LogP contribution in [-0.4, -0.2) is 34.4 Å². The zero-order chi connectivity index (χ0) is 20.7. The SMILES string of the molecule is CCCCc1nc(C(=N)N)c(C(=N)OC(C)C)n1Cc1ccc(CNC)cc1. The molecule has 0 fully saturated rings. The summed E-state index contributed by atoms with van der Waals surface area (Å²) in [6, 6.07) is 8.35. The van der Waals surface area contributed by atoms with Crippen molar-refractivity contribution in [1.29, 1.82) is 10.8 Å². The molecule has 7 heteroatoms. The van der Waals surface area contributed by atoms with E-state index in [-0.39, 0.29) is 17.8 Å². The number of ether oxygens (including phenoxy) is 1. The molecule has 1 aromatic carbocycles. The summed E-state index contributed by atoms with van der Waals surface area (Å²) in [6.07, 6.45) is 2.64. The van der Waals surface area contributed by atoms with E-state index in [0.717, 1.165) is 37.2 Å². The van der Waals surface area contributed by atoms with Crippen molar-refractivity contribution in [3.8, 4) is 0 Å². The van der Waals surface area contributed by atoms with E-state index in [1.165, 1.54) is 5.56 Å². The quantitative estimate of drug-likeness (QED) is 0.372. The average molecular weight is 385 g/mol. The van der Waals surface area contributed by atoms with Crippen molar-refractivity contribution in [1.82, 2.24) is 14.9 Å². The fourth-order valence-corrected chi connectivity index (χ4v) is 3.05. The third-order valence-corrected chi connectivity index (χ3v) is 4.37. The Morgan fingerprint density at radius 2 is 1.86 bits per heavy atom. The zero-order valence-electron chi connectivity index (χ0n) is 17.3. The van der Waals surface area contributed by atoms with Crippen molar-refractivity contribution < 1.29 is 4.74 Å². The van der Waals surface area contributed by atoms with Crippen molar-refractivity contribution in [2.75, 3.05) is 7.05 Å². The average Bonchev–Trinajstić information content (AvgIpc) is 3.00. The first-order valence-corrected chi connectivity index (χ1v) is 9.79. The van der Waals surface area contributed by atoms with Crippen molar-refractivity contribution in [3.05, 3.63) is 52.6 Å². The van der Waals surface area contributed by atoms with Gasteiger partial charge in [-0.2, -0.15) is 0 Å². The van der Waals surface area contributed by atoms with Crippen LogP contribution in [0.2, 0.25) is 0 Å². The largest absolute Gasteiger partial charge is 0.474 e. The number of aryl methyl sites for hydroxylation is 1. The number of aromatic nitrogens is 2. The van der Waals surface area contributed by atoms with Crippen LogP contribution in [0.25, 0.3) is 0 Å². The molecule has 1 aromatic heterocycles. The van der Waals surface area contributed by atoms with E-state index in [0.29, 0.717) is 17.9 Å². The minimum atomic E-state index is -0.145. The van der Waals surface area contributed by atoms with Gasteiger partial charge in [0.15, 0.2) is 0 Å². The van der Waals surface area contributed by atoms with Crippen LogP contribution in [-0.2, 0) is 24.2 Å². The molecular weight excluding hydrogens is 352 g/mol. The number of hydrogen-bond acceptors (Lipinski definition) is 5.